The first-order chi connectivity index (χ1) is 11.4. The molecule has 0 aliphatic rings. The van der Waals surface area contributed by atoms with Gasteiger partial charge in [-0.15, -0.1) is 0 Å². The lowest BCUT2D eigenvalue weighted by molar-refractivity contribution is 0.0914. The number of benzene rings is 1. The summed E-state index contributed by atoms with van der Waals surface area (Å²) < 4.78 is 5.14. The van der Waals surface area contributed by atoms with E-state index in [-0.39, 0.29) is 11.4 Å². The molecule has 2 rings (SSSR count). The van der Waals surface area contributed by atoms with Crippen LogP contribution in [-0.2, 0) is 6.42 Å². The molecule has 0 aliphatic heterocycles. The molecular formula is C18H24N4O2. The molecule has 0 aliphatic carbocycles. The third-order valence-electron chi connectivity index (χ3n) is 3.25. The standard InChI is InChI=1S/C18H24N4O2/c1-18(2,3)22-17(23)15-11-21-16(12-20-15)19-10-9-13-5-7-14(24-4)8-6-13/h5-8,11-12H,9-10H2,1-4H3,(H,19,21)(H,22,23). The Labute approximate surface area is 142 Å². The summed E-state index contributed by atoms with van der Waals surface area (Å²) in [5.74, 6) is 1.28. The fourth-order valence-electron chi connectivity index (χ4n) is 2.07. The second-order valence-corrected chi connectivity index (χ2v) is 6.52. The van der Waals surface area contributed by atoms with Crippen LogP contribution in [0.25, 0.3) is 0 Å². The number of amides is 1. The average molecular weight is 328 g/mol. The second kappa shape index (κ2) is 7.77. The zero-order valence-electron chi connectivity index (χ0n) is 14.6. The molecule has 0 saturated heterocycles. The maximum atomic E-state index is 12.0. The number of methoxy groups -OCH3 is 1. The van der Waals surface area contributed by atoms with Crippen LogP contribution in [0.1, 0.15) is 36.8 Å². The molecule has 0 fully saturated rings. The van der Waals surface area contributed by atoms with Gasteiger partial charge in [0.2, 0.25) is 0 Å². The van der Waals surface area contributed by atoms with Crippen LogP contribution in [0.2, 0.25) is 0 Å². The van der Waals surface area contributed by atoms with Crippen LogP contribution >= 0.6 is 0 Å². The van der Waals surface area contributed by atoms with Gasteiger partial charge in [0, 0.05) is 12.1 Å². The van der Waals surface area contributed by atoms with Gasteiger partial charge >= 0.3 is 0 Å². The number of carbonyl (C=O) groups is 1. The Balaban J connectivity index is 1.84. The summed E-state index contributed by atoms with van der Waals surface area (Å²) in [5.41, 5.74) is 1.22. The summed E-state index contributed by atoms with van der Waals surface area (Å²) in [6.45, 7) is 6.50. The highest BCUT2D eigenvalue weighted by molar-refractivity contribution is 5.92. The Bertz CT molecular complexity index is 661. The van der Waals surface area contributed by atoms with Gasteiger partial charge in [-0.25, -0.2) is 9.97 Å². The normalized spacial score (nSPS) is 11.0. The van der Waals surface area contributed by atoms with Gasteiger partial charge in [0.15, 0.2) is 0 Å². The molecule has 1 aromatic heterocycles. The van der Waals surface area contributed by atoms with Crippen LogP contribution in [-0.4, -0.2) is 35.1 Å². The largest absolute Gasteiger partial charge is 0.497 e. The summed E-state index contributed by atoms with van der Waals surface area (Å²) >= 11 is 0. The SMILES string of the molecule is COc1ccc(CCNc2cnc(C(=O)NC(C)(C)C)cn2)cc1. The number of aromatic nitrogens is 2. The van der Waals surface area contributed by atoms with E-state index in [1.54, 1.807) is 13.3 Å². The topological polar surface area (TPSA) is 76.1 Å². The fraction of sp³-hybridized carbons (Fsp3) is 0.389. The first-order valence-electron chi connectivity index (χ1n) is 7.89. The molecule has 2 N–H and O–H groups in total. The number of hydrogen-bond donors (Lipinski definition) is 2. The molecule has 6 heteroatoms. The number of rotatable bonds is 6. The molecule has 128 valence electrons. The van der Waals surface area contributed by atoms with Crippen LogP contribution in [0.3, 0.4) is 0 Å². The summed E-state index contributed by atoms with van der Waals surface area (Å²) in [4.78, 5) is 20.4. The summed E-state index contributed by atoms with van der Waals surface area (Å²) in [6.07, 6.45) is 3.92. The van der Waals surface area contributed by atoms with Crippen molar-refractivity contribution < 1.29 is 9.53 Å². The maximum Gasteiger partial charge on any atom is 0.271 e. The van der Waals surface area contributed by atoms with E-state index in [2.05, 4.69) is 20.6 Å². The third kappa shape index (κ3) is 5.53. The lowest BCUT2D eigenvalue weighted by Crippen LogP contribution is -2.41. The molecule has 24 heavy (non-hydrogen) atoms. The van der Waals surface area contributed by atoms with E-state index in [0.29, 0.717) is 11.5 Å². The zero-order chi connectivity index (χ0) is 17.6. The van der Waals surface area contributed by atoms with Crippen molar-refractivity contribution in [2.45, 2.75) is 32.7 Å². The minimum absolute atomic E-state index is 0.222. The van der Waals surface area contributed by atoms with Crippen molar-refractivity contribution in [1.29, 1.82) is 0 Å². The highest BCUT2D eigenvalue weighted by Crippen LogP contribution is 2.12. The van der Waals surface area contributed by atoms with Gasteiger partial charge in [0.25, 0.3) is 5.91 Å². The van der Waals surface area contributed by atoms with Crippen LogP contribution < -0.4 is 15.4 Å². The summed E-state index contributed by atoms with van der Waals surface area (Å²) in [7, 11) is 1.65. The Morgan fingerprint density at radius 1 is 1.12 bits per heavy atom. The molecule has 1 aromatic carbocycles. The quantitative estimate of drug-likeness (QED) is 0.852. The molecule has 1 heterocycles. The molecular weight excluding hydrogens is 304 g/mol. The van der Waals surface area contributed by atoms with E-state index in [1.165, 1.54) is 11.8 Å². The fourth-order valence-corrected chi connectivity index (χ4v) is 2.07. The number of hydrogen-bond acceptors (Lipinski definition) is 5. The van der Waals surface area contributed by atoms with Crippen LogP contribution in [0.4, 0.5) is 5.82 Å². The molecule has 6 nitrogen and oxygen atoms in total. The van der Waals surface area contributed by atoms with E-state index in [4.69, 9.17) is 4.74 Å². The third-order valence-corrected chi connectivity index (χ3v) is 3.25. The van der Waals surface area contributed by atoms with E-state index in [1.807, 2.05) is 45.0 Å². The predicted molar refractivity (Wildman–Crippen MR) is 94.4 cm³/mol. The minimum atomic E-state index is -0.298. The van der Waals surface area contributed by atoms with Crippen molar-refractivity contribution in [3.05, 3.63) is 47.9 Å². The first kappa shape index (κ1) is 17.7. The van der Waals surface area contributed by atoms with Gasteiger partial charge in [0.05, 0.1) is 19.5 Å². The van der Waals surface area contributed by atoms with Gasteiger partial charge in [-0.2, -0.15) is 0 Å². The Morgan fingerprint density at radius 2 is 1.83 bits per heavy atom. The van der Waals surface area contributed by atoms with Gasteiger partial charge in [0.1, 0.15) is 17.3 Å². The molecule has 2 aromatic rings. The molecule has 0 spiro atoms. The van der Waals surface area contributed by atoms with Gasteiger partial charge in [-0.1, -0.05) is 12.1 Å². The molecule has 0 unspecified atom stereocenters. The number of carbonyl (C=O) groups excluding carboxylic acids is 1. The van der Waals surface area contributed by atoms with Gasteiger partial charge < -0.3 is 15.4 Å². The molecule has 1 amide bonds. The number of anilines is 1. The van der Waals surface area contributed by atoms with Gasteiger partial charge in [-0.3, -0.25) is 4.79 Å². The van der Waals surface area contributed by atoms with Crippen molar-refractivity contribution in [1.82, 2.24) is 15.3 Å². The molecule has 0 bridgehead atoms. The van der Waals surface area contributed by atoms with Crippen molar-refractivity contribution >= 4 is 11.7 Å². The molecule has 0 atom stereocenters. The second-order valence-electron chi connectivity index (χ2n) is 6.52. The number of ether oxygens (including phenoxy) is 1. The van der Waals surface area contributed by atoms with E-state index in [0.717, 1.165) is 18.7 Å². The van der Waals surface area contributed by atoms with Crippen molar-refractivity contribution in [3.63, 3.8) is 0 Å². The van der Waals surface area contributed by atoms with Crippen molar-refractivity contribution in [2.75, 3.05) is 19.0 Å². The number of nitrogens with one attached hydrogen (secondary N) is 2. The van der Waals surface area contributed by atoms with Crippen LogP contribution in [0.15, 0.2) is 36.7 Å². The zero-order valence-corrected chi connectivity index (χ0v) is 14.6. The smallest absolute Gasteiger partial charge is 0.271 e. The average Bonchev–Trinajstić information content (AvgIpc) is 2.54. The molecule has 0 radical (unpaired) electrons. The van der Waals surface area contributed by atoms with Gasteiger partial charge in [-0.05, 0) is 44.9 Å². The van der Waals surface area contributed by atoms with E-state index >= 15 is 0 Å². The van der Waals surface area contributed by atoms with E-state index < -0.39 is 0 Å². The minimum Gasteiger partial charge on any atom is -0.497 e. The lowest BCUT2D eigenvalue weighted by Gasteiger charge is -2.19. The van der Waals surface area contributed by atoms with Crippen LogP contribution in [0, 0.1) is 0 Å². The highest BCUT2D eigenvalue weighted by atomic mass is 16.5. The Kier molecular flexibility index (Phi) is 5.73. The lowest BCUT2D eigenvalue weighted by atomic mass is 10.1. The van der Waals surface area contributed by atoms with E-state index in [9.17, 15) is 4.79 Å². The Morgan fingerprint density at radius 3 is 2.38 bits per heavy atom. The first-order valence-corrected chi connectivity index (χ1v) is 7.89. The van der Waals surface area contributed by atoms with Crippen LogP contribution in [0.5, 0.6) is 5.75 Å². The predicted octanol–water partition coefficient (Wildman–Crippen LogP) is 2.67. The molecule has 0 saturated carbocycles. The van der Waals surface area contributed by atoms with Crippen molar-refractivity contribution in [2.24, 2.45) is 0 Å². The summed E-state index contributed by atoms with van der Waals surface area (Å²) in [5, 5.41) is 6.06. The summed E-state index contributed by atoms with van der Waals surface area (Å²) in [6, 6.07) is 7.95. The highest BCUT2D eigenvalue weighted by Gasteiger charge is 2.16. The monoisotopic (exact) mass is 328 g/mol. The van der Waals surface area contributed by atoms with Crippen molar-refractivity contribution in [3.8, 4) is 5.75 Å². The maximum absolute atomic E-state index is 12.0. The Hall–Kier alpha value is -2.63. The number of nitrogens with zero attached hydrogens (tertiary/aromatic N) is 2.